The van der Waals surface area contributed by atoms with Crippen LogP contribution in [0.1, 0.15) is 32.1 Å². The number of carbonyl (C=O) groups is 2. The Hall–Kier alpha value is -2.19. The number of hydrogen-bond donors (Lipinski definition) is 3. The van der Waals surface area contributed by atoms with Gasteiger partial charge in [-0.1, -0.05) is 24.3 Å². The zero-order valence-electron chi connectivity index (χ0n) is 13.7. The van der Waals surface area contributed by atoms with Gasteiger partial charge in [-0.15, -0.1) is 0 Å². The highest BCUT2D eigenvalue weighted by molar-refractivity contribution is 7.90. The van der Waals surface area contributed by atoms with Gasteiger partial charge in [0.25, 0.3) is 15.9 Å². The first-order valence-electron chi connectivity index (χ1n) is 8.24. The summed E-state index contributed by atoms with van der Waals surface area (Å²) in [5, 5.41) is 2.61. The van der Waals surface area contributed by atoms with Crippen LogP contribution < -0.4 is 15.8 Å². The van der Waals surface area contributed by atoms with Crippen molar-refractivity contribution >= 4 is 27.5 Å². The second kappa shape index (κ2) is 6.61. The van der Waals surface area contributed by atoms with Crippen LogP contribution in [-0.2, 0) is 19.6 Å². The van der Waals surface area contributed by atoms with Crippen LogP contribution in [0.5, 0.6) is 0 Å². The molecule has 1 aromatic carbocycles. The number of allylic oxidation sites excluding steroid dienone is 1. The number of nitrogens with one attached hydrogen (secondary N) is 2. The lowest BCUT2D eigenvalue weighted by Crippen LogP contribution is -2.46. The lowest BCUT2D eigenvalue weighted by Gasteiger charge is -2.15. The zero-order valence-corrected chi connectivity index (χ0v) is 14.5. The largest absolute Gasteiger partial charge is 0.325 e. The molecule has 0 radical (unpaired) electrons. The lowest BCUT2D eigenvalue weighted by atomic mass is 10.1. The summed E-state index contributed by atoms with van der Waals surface area (Å²) in [6.07, 6.45) is 6.84. The number of hydrogen-bond acceptors (Lipinski definition) is 5. The highest BCUT2D eigenvalue weighted by Gasteiger charge is 2.56. The van der Waals surface area contributed by atoms with E-state index in [1.807, 2.05) is 12.2 Å². The van der Waals surface area contributed by atoms with Crippen LogP contribution in [0.3, 0.4) is 0 Å². The lowest BCUT2D eigenvalue weighted by molar-refractivity contribution is -0.121. The van der Waals surface area contributed by atoms with Crippen LogP contribution >= 0.6 is 0 Å². The fourth-order valence-corrected chi connectivity index (χ4v) is 4.11. The van der Waals surface area contributed by atoms with Gasteiger partial charge in [-0.2, -0.15) is 0 Å². The van der Waals surface area contributed by atoms with Crippen molar-refractivity contribution in [2.45, 2.75) is 42.5 Å². The highest BCUT2D eigenvalue weighted by Crippen LogP contribution is 2.42. The van der Waals surface area contributed by atoms with E-state index >= 15 is 0 Å². The molecular weight excluding hydrogens is 342 g/mol. The summed E-state index contributed by atoms with van der Waals surface area (Å²) in [4.78, 5) is 24.3. The Kier molecular flexibility index (Phi) is 4.66. The molecule has 1 heterocycles. The Bertz CT molecular complexity index is 834. The van der Waals surface area contributed by atoms with Crippen LogP contribution in [-0.4, -0.2) is 25.8 Å². The first-order chi connectivity index (χ1) is 11.8. The van der Waals surface area contributed by atoms with Gasteiger partial charge in [0.2, 0.25) is 5.91 Å². The number of fused-ring (bicyclic) bond motifs is 2. The molecule has 8 heteroatoms. The average molecular weight is 363 g/mol. The molecule has 1 aliphatic carbocycles. The molecule has 3 rings (SSSR count). The van der Waals surface area contributed by atoms with E-state index in [9.17, 15) is 18.0 Å². The molecule has 0 saturated heterocycles. The Morgan fingerprint density at radius 1 is 1.16 bits per heavy atom. The van der Waals surface area contributed by atoms with Crippen molar-refractivity contribution in [1.29, 1.82) is 0 Å². The number of rotatable bonds is 0. The van der Waals surface area contributed by atoms with E-state index in [4.69, 9.17) is 5.73 Å². The third-order valence-corrected chi connectivity index (χ3v) is 5.94. The molecule has 4 N–H and O–H groups in total. The van der Waals surface area contributed by atoms with Gasteiger partial charge in [0.15, 0.2) is 0 Å². The molecule has 7 nitrogen and oxygen atoms in total. The van der Waals surface area contributed by atoms with E-state index < -0.39 is 21.5 Å². The Morgan fingerprint density at radius 3 is 2.72 bits per heavy atom. The second-order valence-corrected chi connectivity index (χ2v) is 8.15. The van der Waals surface area contributed by atoms with Crippen LogP contribution in [0, 0.1) is 5.92 Å². The Labute approximate surface area is 146 Å². The van der Waals surface area contributed by atoms with E-state index in [1.54, 1.807) is 6.07 Å². The fraction of sp³-hybridized carbons (Fsp3) is 0.412. The third kappa shape index (κ3) is 3.74. The van der Waals surface area contributed by atoms with Crippen molar-refractivity contribution in [2.24, 2.45) is 11.7 Å². The fourth-order valence-electron chi connectivity index (χ4n) is 2.90. The summed E-state index contributed by atoms with van der Waals surface area (Å²) in [5.74, 6) is -1.15. The molecule has 134 valence electrons. The quantitative estimate of drug-likeness (QED) is 0.600. The van der Waals surface area contributed by atoms with Crippen LogP contribution in [0.15, 0.2) is 41.3 Å². The van der Waals surface area contributed by atoms with Crippen LogP contribution in [0.2, 0.25) is 0 Å². The SMILES string of the molecule is N[C@]12C[C@H]1C=CCCCCC(=O)Nc1ccccc1S(=O)(=O)NC2=O. The molecule has 2 atom stereocenters. The molecule has 0 aromatic heterocycles. The van der Waals surface area contributed by atoms with Crippen LogP contribution in [0.25, 0.3) is 0 Å². The maximum atomic E-state index is 12.6. The predicted octanol–water partition coefficient (Wildman–Crippen LogP) is 1.28. The number of amides is 2. The minimum atomic E-state index is -4.13. The van der Waals surface area contributed by atoms with Gasteiger partial charge in [0.1, 0.15) is 10.4 Å². The van der Waals surface area contributed by atoms with Crippen molar-refractivity contribution in [3.05, 3.63) is 36.4 Å². The summed E-state index contributed by atoms with van der Waals surface area (Å²) < 4.78 is 27.2. The molecule has 1 aliphatic heterocycles. The number of nitrogens with two attached hydrogens (primary N) is 1. The molecule has 2 aliphatic rings. The number of benzene rings is 1. The van der Waals surface area contributed by atoms with E-state index in [0.29, 0.717) is 19.3 Å². The van der Waals surface area contributed by atoms with Crippen molar-refractivity contribution in [3.63, 3.8) is 0 Å². The van der Waals surface area contributed by atoms with Gasteiger partial charge in [-0.05, 0) is 37.8 Å². The van der Waals surface area contributed by atoms with Gasteiger partial charge in [0.05, 0.1) is 5.69 Å². The molecular formula is C17H21N3O4S. The highest BCUT2D eigenvalue weighted by atomic mass is 32.2. The summed E-state index contributed by atoms with van der Waals surface area (Å²) in [6.45, 7) is 0. The van der Waals surface area contributed by atoms with E-state index in [-0.39, 0.29) is 22.4 Å². The van der Waals surface area contributed by atoms with Gasteiger partial charge in [-0.25, -0.2) is 13.1 Å². The van der Waals surface area contributed by atoms with E-state index in [0.717, 1.165) is 12.8 Å². The molecule has 2 amide bonds. The third-order valence-electron chi connectivity index (χ3n) is 4.55. The van der Waals surface area contributed by atoms with E-state index in [2.05, 4.69) is 10.0 Å². The monoisotopic (exact) mass is 363 g/mol. The second-order valence-electron chi connectivity index (χ2n) is 6.50. The normalized spacial score (nSPS) is 29.2. The number of para-hydroxylation sites is 1. The molecule has 1 saturated carbocycles. The first kappa shape index (κ1) is 17.6. The van der Waals surface area contributed by atoms with Gasteiger partial charge < -0.3 is 11.1 Å². The van der Waals surface area contributed by atoms with Crippen molar-refractivity contribution in [1.82, 2.24) is 4.72 Å². The van der Waals surface area contributed by atoms with Gasteiger partial charge in [-0.3, -0.25) is 9.59 Å². The summed E-state index contributed by atoms with van der Waals surface area (Å²) in [5.41, 5.74) is 5.00. The van der Waals surface area contributed by atoms with Crippen molar-refractivity contribution < 1.29 is 18.0 Å². The average Bonchev–Trinajstić information content (AvgIpc) is 3.22. The predicted molar refractivity (Wildman–Crippen MR) is 93.0 cm³/mol. The minimum Gasteiger partial charge on any atom is -0.325 e. The topological polar surface area (TPSA) is 118 Å². The number of anilines is 1. The zero-order chi connectivity index (χ0) is 18.1. The standard InChI is InChI=1S/C17H21N3O4S/c18-17-11-12(17)7-3-1-2-4-10-15(21)19-13-8-5-6-9-14(13)25(23,24)20-16(17)22/h3,5-9,12H,1-2,4,10-11,18H2,(H,19,21)(H,20,22)/t12-,17-/m1/s1. The molecule has 1 fully saturated rings. The molecule has 25 heavy (non-hydrogen) atoms. The maximum absolute atomic E-state index is 12.6. The van der Waals surface area contributed by atoms with E-state index in [1.165, 1.54) is 18.2 Å². The maximum Gasteiger partial charge on any atom is 0.266 e. The van der Waals surface area contributed by atoms with Crippen molar-refractivity contribution in [3.8, 4) is 0 Å². The summed E-state index contributed by atoms with van der Waals surface area (Å²) in [6, 6.07) is 5.99. The minimum absolute atomic E-state index is 0.150. The number of carbonyl (C=O) groups excluding carboxylic acids is 2. The molecule has 0 unspecified atom stereocenters. The Morgan fingerprint density at radius 2 is 1.92 bits per heavy atom. The number of sulfonamides is 1. The molecule has 0 bridgehead atoms. The smallest absolute Gasteiger partial charge is 0.266 e. The van der Waals surface area contributed by atoms with Crippen molar-refractivity contribution in [2.75, 3.05) is 5.32 Å². The Balaban J connectivity index is 1.93. The molecule has 0 spiro atoms. The molecule has 1 aromatic rings. The summed E-state index contributed by atoms with van der Waals surface area (Å²) in [7, 11) is -4.13. The van der Waals surface area contributed by atoms with Gasteiger partial charge in [0, 0.05) is 12.3 Å². The first-order valence-corrected chi connectivity index (χ1v) is 9.73. The summed E-state index contributed by atoms with van der Waals surface area (Å²) >= 11 is 0. The van der Waals surface area contributed by atoms with Gasteiger partial charge >= 0.3 is 0 Å². The van der Waals surface area contributed by atoms with Crippen LogP contribution in [0.4, 0.5) is 5.69 Å².